The van der Waals surface area contributed by atoms with Crippen LogP contribution in [0, 0.1) is 6.92 Å². The molecule has 0 aliphatic rings. The maximum atomic E-state index is 11.9. The molecule has 1 N–H and O–H groups in total. The van der Waals surface area contributed by atoms with E-state index in [2.05, 4.69) is 21.5 Å². The summed E-state index contributed by atoms with van der Waals surface area (Å²) < 4.78 is 7.04. The number of nitrogens with one attached hydrogen (secondary N) is 1. The highest BCUT2D eigenvalue weighted by atomic mass is 16.5. The summed E-state index contributed by atoms with van der Waals surface area (Å²) >= 11 is 0. The van der Waals surface area contributed by atoms with Crippen LogP contribution in [-0.4, -0.2) is 27.2 Å². The minimum Gasteiger partial charge on any atom is -0.352 e. The Balaban J connectivity index is 1.59. The topological polar surface area (TPSA) is 73.0 Å². The van der Waals surface area contributed by atoms with Crippen LogP contribution in [-0.2, 0) is 18.3 Å². The molecule has 0 saturated carbocycles. The summed E-state index contributed by atoms with van der Waals surface area (Å²) in [7, 11) is 1.99. The fourth-order valence-corrected chi connectivity index (χ4v) is 2.46. The Morgan fingerprint density at radius 2 is 2.22 bits per heavy atom. The van der Waals surface area contributed by atoms with Gasteiger partial charge in [-0.2, -0.15) is 4.98 Å². The predicted molar refractivity (Wildman–Crippen MR) is 87.7 cm³/mol. The lowest BCUT2D eigenvalue weighted by atomic mass is 10.1. The number of nitrogens with zero attached hydrogens (tertiary/aromatic N) is 3. The van der Waals surface area contributed by atoms with Crippen LogP contribution in [0.1, 0.15) is 17.3 Å². The van der Waals surface area contributed by atoms with Gasteiger partial charge in [-0.3, -0.25) is 4.79 Å². The van der Waals surface area contributed by atoms with E-state index in [0.29, 0.717) is 24.7 Å². The van der Waals surface area contributed by atoms with Crippen molar-refractivity contribution in [2.24, 2.45) is 7.05 Å². The Morgan fingerprint density at radius 3 is 3.00 bits per heavy atom. The van der Waals surface area contributed by atoms with Gasteiger partial charge in [0.05, 0.1) is 0 Å². The molecular weight excluding hydrogens is 292 g/mol. The first kappa shape index (κ1) is 15.0. The average molecular weight is 310 g/mol. The first-order valence-corrected chi connectivity index (χ1v) is 7.42. The maximum Gasteiger partial charge on any atom is 0.244 e. The van der Waals surface area contributed by atoms with E-state index in [0.717, 1.165) is 16.5 Å². The van der Waals surface area contributed by atoms with Crippen molar-refractivity contribution in [1.82, 2.24) is 20.0 Å². The molecule has 0 fully saturated rings. The minimum absolute atomic E-state index is 0.144. The van der Waals surface area contributed by atoms with Gasteiger partial charge in [-0.1, -0.05) is 23.4 Å². The zero-order chi connectivity index (χ0) is 16.2. The van der Waals surface area contributed by atoms with E-state index in [1.165, 1.54) is 0 Å². The van der Waals surface area contributed by atoms with Crippen molar-refractivity contribution < 1.29 is 9.32 Å². The second-order valence-electron chi connectivity index (χ2n) is 5.32. The van der Waals surface area contributed by atoms with E-state index in [4.69, 9.17) is 4.52 Å². The molecule has 23 heavy (non-hydrogen) atoms. The number of hydrogen-bond acceptors (Lipinski definition) is 4. The third kappa shape index (κ3) is 3.48. The summed E-state index contributed by atoms with van der Waals surface area (Å²) in [4.78, 5) is 16.0. The van der Waals surface area contributed by atoms with Gasteiger partial charge in [0.2, 0.25) is 11.8 Å². The fourth-order valence-electron chi connectivity index (χ4n) is 2.46. The molecule has 0 saturated heterocycles. The fraction of sp³-hybridized carbons (Fsp3) is 0.235. The molecule has 3 rings (SSSR count). The molecule has 1 aromatic carbocycles. The third-order valence-electron chi connectivity index (χ3n) is 3.55. The number of amides is 1. The number of rotatable bonds is 5. The monoisotopic (exact) mass is 310 g/mol. The van der Waals surface area contributed by atoms with Gasteiger partial charge in [-0.05, 0) is 19.1 Å². The zero-order valence-corrected chi connectivity index (χ0v) is 13.1. The zero-order valence-electron chi connectivity index (χ0n) is 13.1. The standard InChI is InChI=1S/C17H18N4O2/c1-12-19-17(23-20-12)9-10-18-16(22)8-7-13-11-21(2)15-6-4-3-5-14(13)15/h3-8,11H,9-10H2,1-2H3,(H,18,22)/b8-7+. The number of para-hydroxylation sites is 1. The number of carbonyl (C=O) groups excluding carboxylic acids is 1. The second-order valence-corrected chi connectivity index (χ2v) is 5.32. The summed E-state index contributed by atoms with van der Waals surface area (Å²) in [6.07, 6.45) is 5.90. The molecule has 6 nitrogen and oxygen atoms in total. The molecule has 118 valence electrons. The number of aromatic nitrogens is 3. The molecular formula is C17H18N4O2. The van der Waals surface area contributed by atoms with Crippen LogP contribution in [0.3, 0.4) is 0 Å². The van der Waals surface area contributed by atoms with Gasteiger partial charge in [0.15, 0.2) is 5.82 Å². The Morgan fingerprint density at radius 1 is 1.39 bits per heavy atom. The predicted octanol–water partition coefficient (Wildman–Crippen LogP) is 2.24. The lowest BCUT2D eigenvalue weighted by Crippen LogP contribution is -2.23. The SMILES string of the molecule is Cc1noc(CCNC(=O)/C=C/c2cn(C)c3ccccc23)n1. The van der Waals surface area contributed by atoms with Gasteiger partial charge < -0.3 is 14.4 Å². The van der Waals surface area contributed by atoms with Crippen molar-refractivity contribution >= 4 is 22.9 Å². The lowest BCUT2D eigenvalue weighted by Gasteiger charge is -1.98. The van der Waals surface area contributed by atoms with Crippen LogP contribution in [0.2, 0.25) is 0 Å². The van der Waals surface area contributed by atoms with Gasteiger partial charge in [-0.15, -0.1) is 0 Å². The van der Waals surface area contributed by atoms with Crippen LogP contribution in [0.15, 0.2) is 41.1 Å². The largest absolute Gasteiger partial charge is 0.352 e. The first-order valence-electron chi connectivity index (χ1n) is 7.42. The normalized spacial score (nSPS) is 11.4. The van der Waals surface area contributed by atoms with Gasteiger partial charge in [-0.25, -0.2) is 0 Å². The molecule has 2 aromatic heterocycles. The van der Waals surface area contributed by atoms with Crippen LogP contribution in [0.25, 0.3) is 17.0 Å². The van der Waals surface area contributed by atoms with Crippen molar-refractivity contribution in [1.29, 1.82) is 0 Å². The molecule has 0 atom stereocenters. The second kappa shape index (κ2) is 6.48. The first-order chi connectivity index (χ1) is 11.1. The molecule has 0 spiro atoms. The Bertz CT molecular complexity index is 860. The molecule has 3 aromatic rings. The number of carbonyl (C=O) groups is 1. The van der Waals surface area contributed by atoms with E-state index in [-0.39, 0.29) is 5.91 Å². The smallest absolute Gasteiger partial charge is 0.244 e. The molecule has 6 heteroatoms. The van der Waals surface area contributed by atoms with Gasteiger partial charge in [0.1, 0.15) is 0 Å². The van der Waals surface area contributed by atoms with Crippen LogP contribution in [0.4, 0.5) is 0 Å². The van der Waals surface area contributed by atoms with Gasteiger partial charge >= 0.3 is 0 Å². The van der Waals surface area contributed by atoms with E-state index in [1.807, 2.05) is 42.1 Å². The highest BCUT2D eigenvalue weighted by Crippen LogP contribution is 2.21. The summed E-state index contributed by atoms with van der Waals surface area (Å²) in [5.41, 5.74) is 2.16. The molecule has 0 aliphatic heterocycles. The molecule has 0 radical (unpaired) electrons. The Labute approximate surface area is 133 Å². The van der Waals surface area contributed by atoms with Crippen LogP contribution in [0.5, 0.6) is 0 Å². The quantitative estimate of drug-likeness (QED) is 0.734. The van der Waals surface area contributed by atoms with E-state index >= 15 is 0 Å². The Kier molecular flexibility index (Phi) is 4.23. The van der Waals surface area contributed by atoms with Crippen molar-refractivity contribution in [3.8, 4) is 0 Å². The average Bonchev–Trinajstić information content (AvgIpc) is 3.10. The molecule has 2 heterocycles. The Hall–Kier alpha value is -2.89. The molecule has 0 unspecified atom stereocenters. The molecule has 0 aliphatic carbocycles. The van der Waals surface area contributed by atoms with E-state index in [9.17, 15) is 4.79 Å². The summed E-state index contributed by atoms with van der Waals surface area (Å²) in [5, 5.41) is 7.64. The van der Waals surface area contributed by atoms with Gasteiger partial charge in [0.25, 0.3) is 0 Å². The summed E-state index contributed by atoms with van der Waals surface area (Å²) in [5.74, 6) is 0.984. The number of hydrogen-bond donors (Lipinski definition) is 1. The van der Waals surface area contributed by atoms with Crippen molar-refractivity contribution in [3.63, 3.8) is 0 Å². The highest BCUT2D eigenvalue weighted by molar-refractivity contribution is 5.96. The van der Waals surface area contributed by atoms with Gasteiger partial charge in [0, 0.05) is 48.8 Å². The van der Waals surface area contributed by atoms with E-state index < -0.39 is 0 Å². The number of benzene rings is 1. The van der Waals surface area contributed by atoms with Crippen molar-refractivity contribution in [3.05, 3.63) is 53.8 Å². The van der Waals surface area contributed by atoms with Crippen molar-refractivity contribution in [2.45, 2.75) is 13.3 Å². The third-order valence-corrected chi connectivity index (χ3v) is 3.55. The van der Waals surface area contributed by atoms with Crippen LogP contribution < -0.4 is 5.32 Å². The van der Waals surface area contributed by atoms with E-state index in [1.54, 1.807) is 13.0 Å². The lowest BCUT2D eigenvalue weighted by molar-refractivity contribution is -0.116. The number of aryl methyl sites for hydroxylation is 2. The highest BCUT2D eigenvalue weighted by Gasteiger charge is 2.05. The molecule has 1 amide bonds. The minimum atomic E-state index is -0.144. The van der Waals surface area contributed by atoms with Crippen molar-refractivity contribution in [2.75, 3.05) is 6.54 Å². The summed E-state index contributed by atoms with van der Waals surface area (Å²) in [6.45, 7) is 2.22. The maximum absolute atomic E-state index is 11.9. The number of fused-ring (bicyclic) bond motifs is 1. The van der Waals surface area contributed by atoms with Crippen LogP contribution >= 0.6 is 0 Å². The molecule has 0 bridgehead atoms. The summed E-state index contributed by atoms with van der Waals surface area (Å²) in [6, 6.07) is 8.10.